The molecule has 6 heteroatoms. The smallest absolute Gasteiger partial charge is 0.158 e. The Morgan fingerprint density at radius 3 is 2.72 bits per heavy atom. The van der Waals surface area contributed by atoms with E-state index in [-0.39, 0.29) is 11.7 Å². The van der Waals surface area contributed by atoms with Gasteiger partial charge in [-0.2, -0.15) is 5.10 Å². The Morgan fingerprint density at radius 1 is 1.17 bits per heavy atom. The van der Waals surface area contributed by atoms with Crippen molar-refractivity contribution in [3.05, 3.63) is 53.2 Å². The zero-order valence-corrected chi connectivity index (χ0v) is 17.1. The second kappa shape index (κ2) is 6.95. The van der Waals surface area contributed by atoms with Crippen molar-refractivity contribution in [1.29, 1.82) is 0 Å². The largest absolute Gasteiger partial charge is 0.354 e. The lowest BCUT2D eigenvalue weighted by Crippen LogP contribution is -2.26. The van der Waals surface area contributed by atoms with Crippen LogP contribution in [-0.2, 0) is 0 Å². The van der Waals surface area contributed by atoms with Gasteiger partial charge >= 0.3 is 0 Å². The molecular formula is C23H26FN5. The van der Waals surface area contributed by atoms with Crippen LogP contribution in [0.25, 0.3) is 27.8 Å². The van der Waals surface area contributed by atoms with Gasteiger partial charge in [-0.3, -0.25) is 0 Å². The van der Waals surface area contributed by atoms with E-state index in [1.165, 1.54) is 17.0 Å². The minimum atomic E-state index is -0.281. The van der Waals surface area contributed by atoms with Gasteiger partial charge in [0.15, 0.2) is 5.65 Å². The Bertz CT molecular complexity index is 1200. The average Bonchev–Trinajstić information content (AvgIpc) is 3.26. The maximum absolute atomic E-state index is 15.0. The zero-order chi connectivity index (χ0) is 20.1. The van der Waals surface area contributed by atoms with Crippen LogP contribution in [0.1, 0.15) is 55.5 Å². The zero-order valence-electron chi connectivity index (χ0n) is 17.1. The topological polar surface area (TPSA) is 58.0 Å². The molecule has 0 aliphatic carbocycles. The Morgan fingerprint density at radius 2 is 1.97 bits per heavy atom. The van der Waals surface area contributed by atoms with Crippen LogP contribution < -0.4 is 5.32 Å². The molecule has 1 aliphatic rings. The van der Waals surface area contributed by atoms with E-state index in [0.717, 1.165) is 42.7 Å². The highest BCUT2D eigenvalue weighted by molar-refractivity contribution is 5.92. The minimum absolute atomic E-state index is 0.259. The lowest BCUT2D eigenvalue weighted by atomic mass is 9.88. The normalized spacial score (nSPS) is 15.8. The molecule has 0 unspecified atom stereocenters. The maximum Gasteiger partial charge on any atom is 0.158 e. The van der Waals surface area contributed by atoms with Crippen molar-refractivity contribution in [2.75, 3.05) is 13.1 Å². The molecule has 5 rings (SSSR count). The van der Waals surface area contributed by atoms with E-state index in [0.29, 0.717) is 23.0 Å². The third-order valence-electron chi connectivity index (χ3n) is 6.05. The molecule has 4 aromatic rings. The molecule has 5 nitrogen and oxygen atoms in total. The number of hydrogen-bond acceptors (Lipinski definition) is 3. The van der Waals surface area contributed by atoms with E-state index in [9.17, 15) is 0 Å². The summed E-state index contributed by atoms with van der Waals surface area (Å²) in [7, 11) is 0. The molecule has 0 spiro atoms. The summed E-state index contributed by atoms with van der Waals surface area (Å²) in [6.07, 6.45) is 4.07. The number of rotatable bonds is 3. The summed E-state index contributed by atoms with van der Waals surface area (Å²) in [6, 6.07) is 8.16. The quantitative estimate of drug-likeness (QED) is 0.521. The molecule has 3 aromatic heterocycles. The maximum atomic E-state index is 15.0. The van der Waals surface area contributed by atoms with Crippen LogP contribution in [0.5, 0.6) is 0 Å². The number of halogens is 1. The van der Waals surface area contributed by atoms with Gasteiger partial charge in [0.25, 0.3) is 0 Å². The number of benzene rings is 1. The van der Waals surface area contributed by atoms with Crippen LogP contribution in [0.4, 0.5) is 4.39 Å². The van der Waals surface area contributed by atoms with Crippen molar-refractivity contribution in [1.82, 2.24) is 24.9 Å². The number of pyridine rings is 1. The highest BCUT2D eigenvalue weighted by Gasteiger charge is 2.22. The molecule has 4 heterocycles. The predicted molar refractivity (Wildman–Crippen MR) is 114 cm³/mol. The van der Waals surface area contributed by atoms with Crippen molar-refractivity contribution < 1.29 is 4.39 Å². The van der Waals surface area contributed by atoms with Gasteiger partial charge in [-0.05, 0) is 68.0 Å². The third-order valence-corrected chi connectivity index (χ3v) is 6.05. The number of nitrogens with one attached hydrogen (secondary N) is 2. The summed E-state index contributed by atoms with van der Waals surface area (Å²) >= 11 is 0. The molecule has 1 aliphatic heterocycles. The number of aromatic nitrogens is 4. The van der Waals surface area contributed by atoms with E-state index in [1.54, 1.807) is 10.7 Å². The number of fused-ring (bicyclic) bond motifs is 2. The summed E-state index contributed by atoms with van der Waals surface area (Å²) in [6.45, 7) is 8.29. The van der Waals surface area contributed by atoms with Crippen molar-refractivity contribution in [3.63, 3.8) is 0 Å². The number of aryl methyl sites for hydroxylation is 1. The van der Waals surface area contributed by atoms with Gasteiger partial charge < -0.3 is 10.3 Å². The number of hydrogen-bond donors (Lipinski definition) is 2. The van der Waals surface area contributed by atoms with Gasteiger partial charge in [-0.25, -0.2) is 13.9 Å². The standard InChI is InChI=1S/C23H26FN5/c1-13(2)22-17-10-16(15-6-8-25-9-7-15)4-5-20(17)27-23(22)18-12-29-21(11-19(18)24)26-14(3)28-29/h4-5,10-13,15,25,27H,6-9H2,1-3H3. The van der Waals surface area contributed by atoms with Crippen molar-refractivity contribution >= 4 is 16.6 Å². The van der Waals surface area contributed by atoms with Gasteiger partial charge in [0.05, 0.1) is 11.3 Å². The van der Waals surface area contributed by atoms with E-state index >= 15 is 4.39 Å². The third kappa shape index (κ3) is 3.12. The lowest BCUT2D eigenvalue weighted by Gasteiger charge is -2.23. The fourth-order valence-corrected chi connectivity index (χ4v) is 4.65. The molecule has 1 fully saturated rings. The molecular weight excluding hydrogens is 365 g/mol. The molecule has 0 radical (unpaired) electrons. The molecule has 0 amide bonds. The molecule has 1 aromatic carbocycles. The first-order valence-electron chi connectivity index (χ1n) is 10.4. The van der Waals surface area contributed by atoms with Crippen LogP contribution >= 0.6 is 0 Å². The highest BCUT2D eigenvalue weighted by atomic mass is 19.1. The van der Waals surface area contributed by atoms with Crippen LogP contribution in [0.3, 0.4) is 0 Å². The fraction of sp³-hybridized carbons (Fsp3) is 0.391. The first-order valence-corrected chi connectivity index (χ1v) is 10.4. The van der Waals surface area contributed by atoms with E-state index in [1.807, 2.05) is 6.92 Å². The predicted octanol–water partition coefficient (Wildman–Crippen LogP) is 4.92. The molecule has 150 valence electrons. The second-order valence-corrected chi connectivity index (χ2v) is 8.39. The van der Waals surface area contributed by atoms with Gasteiger partial charge in [-0.15, -0.1) is 0 Å². The van der Waals surface area contributed by atoms with Crippen molar-refractivity contribution in [2.24, 2.45) is 0 Å². The summed E-state index contributed by atoms with van der Waals surface area (Å²) < 4.78 is 16.7. The molecule has 0 bridgehead atoms. The summed E-state index contributed by atoms with van der Waals surface area (Å²) in [4.78, 5) is 7.76. The van der Waals surface area contributed by atoms with Crippen molar-refractivity contribution in [2.45, 2.75) is 45.4 Å². The number of H-pyrrole nitrogens is 1. The Labute approximate surface area is 169 Å². The first kappa shape index (κ1) is 18.3. The molecule has 0 atom stereocenters. The van der Waals surface area contributed by atoms with E-state index in [2.05, 4.69) is 52.4 Å². The Kier molecular flexibility index (Phi) is 4.39. The molecule has 0 saturated carbocycles. The van der Waals surface area contributed by atoms with Crippen LogP contribution in [0.2, 0.25) is 0 Å². The van der Waals surface area contributed by atoms with Gasteiger partial charge in [0.2, 0.25) is 0 Å². The van der Waals surface area contributed by atoms with Gasteiger partial charge in [0.1, 0.15) is 11.6 Å². The molecule has 1 saturated heterocycles. The summed E-state index contributed by atoms with van der Waals surface area (Å²) in [5, 5.41) is 9.00. The van der Waals surface area contributed by atoms with Crippen molar-refractivity contribution in [3.8, 4) is 11.3 Å². The number of piperidine rings is 1. The summed E-state index contributed by atoms with van der Waals surface area (Å²) in [5.41, 5.74) is 5.49. The molecule has 29 heavy (non-hydrogen) atoms. The second-order valence-electron chi connectivity index (χ2n) is 8.39. The number of nitrogens with zero attached hydrogens (tertiary/aromatic N) is 3. The van der Waals surface area contributed by atoms with E-state index < -0.39 is 0 Å². The van der Waals surface area contributed by atoms with E-state index in [4.69, 9.17) is 0 Å². The summed E-state index contributed by atoms with van der Waals surface area (Å²) in [5.74, 6) is 1.20. The molecule has 2 N–H and O–H groups in total. The first-order chi connectivity index (χ1) is 14.0. The van der Waals surface area contributed by atoms with Gasteiger partial charge in [-0.1, -0.05) is 19.9 Å². The minimum Gasteiger partial charge on any atom is -0.354 e. The van der Waals surface area contributed by atoms with Crippen LogP contribution in [0.15, 0.2) is 30.5 Å². The Balaban J connectivity index is 1.69. The Hall–Kier alpha value is -2.73. The monoisotopic (exact) mass is 391 g/mol. The fourth-order valence-electron chi connectivity index (χ4n) is 4.65. The number of aromatic amines is 1. The van der Waals surface area contributed by atoms with Crippen LogP contribution in [0, 0.1) is 12.7 Å². The van der Waals surface area contributed by atoms with Crippen LogP contribution in [-0.4, -0.2) is 32.7 Å². The van der Waals surface area contributed by atoms with Gasteiger partial charge in [0, 0.05) is 23.2 Å². The average molecular weight is 391 g/mol. The highest BCUT2D eigenvalue weighted by Crippen LogP contribution is 2.38. The lowest BCUT2D eigenvalue weighted by molar-refractivity contribution is 0.460. The SMILES string of the molecule is Cc1nc2cc(F)c(-c3[nH]c4ccc(C5CCNCC5)cc4c3C(C)C)cn2n1.